The Morgan fingerprint density at radius 2 is 1.61 bits per heavy atom. The van der Waals surface area contributed by atoms with Crippen LogP contribution >= 0.6 is 21.6 Å². The molecule has 0 spiro atoms. The number of fused-ring (bicyclic) bond motifs is 1. The molecule has 2 aromatic heterocycles. The van der Waals surface area contributed by atoms with Crippen LogP contribution < -0.4 is 10.3 Å². The van der Waals surface area contributed by atoms with Gasteiger partial charge >= 0.3 is 24.1 Å². The highest BCUT2D eigenvalue weighted by molar-refractivity contribution is 8.76. The first kappa shape index (κ1) is 41.7. The summed E-state index contributed by atoms with van der Waals surface area (Å²) >= 11 is 0. The molecule has 0 radical (unpaired) electrons. The largest absolute Gasteiger partial charge is 0.449 e. The number of hydrogen-bond acceptors (Lipinski definition) is 14. The van der Waals surface area contributed by atoms with E-state index in [-0.39, 0.29) is 56.2 Å². The lowest BCUT2D eigenvalue weighted by Crippen LogP contribution is -2.49. The van der Waals surface area contributed by atoms with Gasteiger partial charge in [-0.1, -0.05) is 21.6 Å². The Kier molecular flexibility index (Phi) is 15.3. The predicted octanol–water partition coefficient (Wildman–Crippen LogP) is 3.86. The number of aromatic nitrogens is 3. The molecule has 1 saturated heterocycles. The highest BCUT2D eigenvalue weighted by Gasteiger charge is 2.25. The van der Waals surface area contributed by atoms with Crippen molar-refractivity contribution < 1.29 is 42.7 Å². The molecule has 1 aliphatic rings. The fraction of sp³-hybridized carbons (Fsp3) is 0.515. The molecule has 0 aliphatic carbocycles. The number of anilines is 1. The predicted molar refractivity (Wildman–Crippen MR) is 201 cm³/mol. The maximum Gasteiger partial charge on any atom is 0.409 e. The van der Waals surface area contributed by atoms with Crippen molar-refractivity contribution in [3.8, 4) is 0 Å². The topological polar surface area (TPSA) is 192 Å². The molecule has 3 amide bonds. The number of nitrogens with zero attached hydrogens (tertiary/aromatic N) is 8. The average molecular weight is 795 g/mol. The van der Waals surface area contributed by atoms with Crippen LogP contribution in [0.4, 0.5) is 30.3 Å². The molecule has 1 fully saturated rings. The SMILES string of the molecule is CCn1cc(C=O)c(=O)c2cc(F)c(N3CCN(C(=O)OCCSSCCOC(=O)N(C)CCN(C)C(=O)OCCn4c([N+](=O)[O-])cnc4C)CC3)cc21. The van der Waals surface area contributed by atoms with Gasteiger partial charge < -0.3 is 48.5 Å². The Balaban J connectivity index is 1.05. The molecular formula is C33H43FN8O10S2. The van der Waals surface area contributed by atoms with E-state index in [1.807, 2.05) is 11.8 Å². The summed E-state index contributed by atoms with van der Waals surface area (Å²) in [7, 11) is 5.96. The molecule has 0 saturated carbocycles. The lowest BCUT2D eigenvalue weighted by molar-refractivity contribution is -0.392. The van der Waals surface area contributed by atoms with Crippen molar-refractivity contribution in [2.24, 2.45) is 0 Å². The van der Waals surface area contributed by atoms with Crippen LogP contribution in [0.1, 0.15) is 23.1 Å². The van der Waals surface area contributed by atoms with E-state index in [4.69, 9.17) is 14.2 Å². The molecule has 0 N–H and O–H groups in total. The van der Waals surface area contributed by atoms with E-state index in [1.54, 1.807) is 22.5 Å². The van der Waals surface area contributed by atoms with E-state index in [2.05, 4.69) is 4.98 Å². The second-order valence-corrected chi connectivity index (χ2v) is 14.7. The summed E-state index contributed by atoms with van der Waals surface area (Å²) in [5.74, 6) is 0.672. The number of aryl methyl sites for hydroxylation is 2. The van der Waals surface area contributed by atoms with Gasteiger partial charge in [0.25, 0.3) is 0 Å². The fourth-order valence-corrected chi connectivity index (χ4v) is 7.13. The van der Waals surface area contributed by atoms with Gasteiger partial charge in [0.15, 0.2) is 17.5 Å². The minimum absolute atomic E-state index is 0.0267. The summed E-state index contributed by atoms with van der Waals surface area (Å²) in [4.78, 5) is 81.5. The number of halogens is 1. The summed E-state index contributed by atoms with van der Waals surface area (Å²) in [5.41, 5.74) is 0.307. The van der Waals surface area contributed by atoms with E-state index in [0.29, 0.717) is 67.5 Å². The number of benzene rings is 1. The number of amides is 3. The first-order valence-corrected chi connectivity index (χ1v) is 19.5. The smallest absolute Gasteiger partial charge is 0.409 e. The molecule has 3 aromatic rings. The molecule has 54 heavy (non-hydrogen) atoms. The van der Waals surface area contributed by atoms with Crippen LogP contribution in [-0.2, 0) is 27.3 Å². The standard InChI is InChI=1S/C33H43FN8O10S2/c1-5-38-21-24(22-43)30(44)25-18-26(34)28(19-27(25)38)39-8-10-40(11-9-39)33(47)52-15-17-54-53-16-14-51-32(46)37(4)7-6-36(3)31(45)50-13-12-41-23(2)35-20-29(41)42(48)49/h18-22H,5-17H2,1-4H3. The number of likely N-dealkylation sites (N-methyl/N-ethyl adjacent to an activating group) is 2. The summed E-state index contributed by atoms with van der Waals surface area (Å²) in [6.07, 6.45) is 1.42. The van der Waals surface area contributed by atoms with Crippen molar-refractivity contribution in [1.29, 1.82) is 0 Å². The third kappa shape index (κ3) is 10.8. The first-order valence-electron chi connectivity index (χ1n) is 17.0. The lowest BCUT2D eigenvalue weighted by Gasteiger charge is -2.35. The van der Waals surface area contributed by atoms with Crippen LogP contribution in [0.25, 0.3) is 10.9 Å². The van der Waals surface area contributed by atoms with Gasteiger partial charge in [0.1, 0.15) is 38.4 Å². The fourth-order valence-electron chi connectivity index (χ4n) is 5.48. The van der Waals surface area contributed by atoms with Gasteiger partial charge in [-0.25, -0.2) is 28.3 Å². The van der Waals surface area contributed by atoms with E-state index >= 15 is 4.39 Å². The molecule has 1 aliphatic heterocycles. The summed E-state index contributed by atoms with van der Waals surface area (Å²) in [6.45, 7) is 6.01. The third-order valence-corrected chi connectivity index (χ3v) is 10.9. The number of ether oxygens (including phenoxy) is 3. The number of carbonyl (C=O) groups excluding carboxylic acids is 4. The molecule has 0 bridgehead atoms. The maximum absolute atomic E-state index is 15.1. The van der Waals surface area contributed by atoms with Crippen molar-refractivity contribution in [2.45, 2.75) is 26.9 Å². The molecule has 294 valence electrons. The van der Waals surface area contributed by atoms with Gasteiger partial charge in [0.2, 0.25) is 0 Å². The van der Waals surface area contributed by atoms with Gasteiger partial charge in [0.05, 0.1) is 16.8 Å². The summed E-state index contributed by atoms with van der Waals surface area (Å²) in [6, 6.07) is 2.78. The molecule has 0 unspecified atom stereocenters. The highest BCUT2D eigenvalue weighted by atomic mass is 33.1. The molecule has 21 heteroatoms. The molecule has 4 rings (SSSR count). The van der Waals surface area contributed by atoms with Gasteiger partial charge in [0, 0.05) is 89.9 Å². The van der Waals surface area contributed by atoms with Crippen LogP contribution in [0.5, 0.6) is 0 Å². The number of nitro groups is 1. The minimum atomic E-state index is -0.643. The maximum atomic E-state index is 15.1. The van der Waals surface area contributed by atoms with Crippen LogP contribution in [0.3, 0.4) is 0 Å². The molecular weight excluding hydrogens is 752 g/mol. The van der Waals surface area contributed by atoms with Crippen LogP contribution in [0.15, 0.2) is 29.3 Å². The number of imidazole rings is 1. The van der Waals surface area contributed by atoms with Crippen molar-refractivity contribution in [3.05, 3.63) is 62.1 Å². The second kappa shape index (κ2) is 19.9. The average Bonchev–Trinajstić information content (AvgIpc) is 3.54. The minimum Gasteiger partial charge on any atom is -0.449 e. The monoisotopic (exact) mass is 794 g/mol. The number of aldehydes is 1. The zero-order valence-corrected chi connectivity index (χ0v) is 32.1. The normalized spacial score (nSPS) is 12.8. The molecule has 1 aromatic carbocycles. The van der Waals surface area contributed by atoms with E-state index in [1.165, 1.54) is 62.3 Å². The zero-order valence-electron chi connectivity index (χ0n) is 30.4. The lowest BCUT2D eigenvalue weighted by atomic mass is 10.1. The second-order valence-electron chi connectivity index (χ2n) is 12.0. The van der Waals surface area contributed by atoms with E-state index in [0.717, 1.165) is 6.20 Å². The van der Waals surface area contributed by atoms with Crippen molar-refractivity contribution in [1.82, 2.24) is 28.8 Å². The molecule has 3 heterocycles. The highest BCUT2D eigenvalue weighted by Crippen LogP contribution is 2.27. The van der Waals surface area contributed by atoms with Gasteiger partial charge in [-0.3, -0.25) is 9.59 Å². The van der Waals surface area contributed by atoms with Crippen molar-refractivity contribution in [3.63, 3.8) is 0 Å². The van der Waals surface area contributed by atoms with Crippen LogP contribution in [-0.4, -0.2) is 143 Å². The van der Waals surface area contributed by atoms with Gasteiger partial charge in [-0.2, -0.15) is 0 Å². The molecule has 0 atom stereocenters. The number of hydrogen-bond donors (Lipinski definition) is 0. The third-order valence-electron chi connectivity index (χ3n) is 8.55. The van der Waals surface area contributed by atoms with Crippen molar-refractivity contribution in [2.75, 3.05) is 89.6 Å². The Bertz CT molecular complexity index is 1890. The van der Waals surface area contributed by atoms with Crippen molar-refractivity contribution >= 4 is 68.6 Å². The van der Waals surface area contributed by atoms with Gasteiger partial charge in [-0.15, -0.1) is 0 Å². The van der Waals surface area contributed by atoms with E-state index < -0.39 is 34.4 Å². The summed E-state index contributed by atoms with van der Waals surface area (Å²) < 4.78 is 34.1. The Labute approximate surface area is 318 Å². The zero-order chi connectivity index (χ0) is 39.4. The Morgan fingerprint density at radius 1 is 1.00 bits per heavy atom. The van der Waals surface area contributed by atoms with E-state index in [9.17, 15) is 34.1 Å². The number of piperazine rings is 1. The molecule has 18 nitrogen and oxygen atoms in total. The number of rotatable bonds is 17. The number of pyridine rings is 1. The number of carbonyl (C=O) groups is 4. The van der Waals surface area contributed by atoms with Crippen LogP contribution in [0, 0.1) is 22.9 Å². The Hall–Kier alpha value is -5.05. The van der Waals surface area contributed by atoms with Crippen LogP contribution in [0.2, 0.25) is 0 Å². The summed E-state index contributed by atoms with van der Waals surface area (Å²) in [5, 5.41) is 11.2. The van der Waals surface area contributed by atoms with Gasteiger partial charge in [-0.05, 0) is 24.0 Å². The quantitative estimate of drug-likeness (QED) is 0.0478. The Morgan fingerprint density at radius 3 is 2.20 bits per heavy atom. The first-order chi connectivity index (χ1) is 25.9.